The SMILES string of the molecule is CNC(=O)C(N)c1ccc2c(c1)NC(=O)CO2. The fourth-order valence-corrected chi connectivity index (χ4v) is 1.60. The average Bonchev–Trinajstić information content (AvgIpc) is 2.36. The molecule has 1 unspecified atom stereocenters. The van der Waals surface area contributed by atoms with E-state index < -0.39 is 6.04 Å². The Morgan fingerprint density at radius 3 is 3.06 bits per heavy atom. The molecule has 2 amide bonds. The molecule has 6 heteroatoms. The molecule has 0 saturated carbocycles. The van der Waals surface area contributed by atoms with Crippen LogP contribution in [0.2, 0.25) is 0 Å². The molecule has 1 aromatic rings. The van der Waals surface area contributed by atoms with Crippen molar-refractivity contribution in [2.75, 3.05) is 19.0 Å². The van der Waals surface area contributed by atoms with Gasteiger partial charge in [-0.15, -0.1) is 0 Å². The van der Waals surface area contributed by atoms with E-state index in [1.165, 1.54) is 7.05 Å². The summed E-state index contributed by atoms with van der Waals surface area (Å²) in [5.41, 5.74) is 6.91. The first kappa shape index (κ1) is 11.4. The summed E-state index contributed by atoms with van der Waals surface area (Å²) in [6.45, 7) is 0.00778. The molecule has 4 N–H and O–H groups in total. The molecule has 0 saturated heterocycles. The van der Waals surface area contributed by atoms with E-state index >= 15 is 0 Å². The minimum atomic E-state index is -0.760. The van der Waals surface area contributed by atoms with Crippen molar-refractivity contribution in [3.8, 4) is 5.75 Å². The van der Waals surface area contributed by atoms with Crippen LogP contribution in [0.25, 0.3) is 0 Å². The topological polar surface area (TPSA) is 93.5 Å². The minimum absolute atomic E-state index is 0.00778. The van der Waals surface area contributed by atoms with Gasteiger partial charge in [0.25, 0.3) is 5.91 Å². The zero-order valence-electron chi connectivity index (χ0n) is 9.32. The fraction of sp³-hybridized carbons (Fsp3) is 0.273. The Labute approximate surface area is 98.1 Å². The molecule has 0 aliphatic carbocycles. The maximum Gasteiger partial charge on any atom is 0.262 e. The largest absolute Gasteiger partial charge is 0.482 e. The van der Waals surface area contributed by atoms with Crippen molar-refractivity contribution in [3.63, 3.8) is 0 Å². The standard InChI is InChI=1S/C11H13N3O3/c1-13-11(16)10(12)6-2-3-8-7(4-6)14-9(15)5-17-8/h2-4,10H,5,12H2,1H3,(H,13,16)(H,14,15). The predicted octanol–water partition coefficient (Wildman–Crippen LogP) is -0.237. The molecule has 0 spiro atoms. The number of carbonyl (C=O) groups excluding carboxylic acids is 2. The summed E-state index contributed by atoms with van der Waals surface area (Å²) in [7, 11) is 1.52. The molecule has 0 bridgehead atoms. The van der Waals surface area contributed by atoms with Gasteiger partial charge in [0.05, 0.1) is 5.69 Å². The quantitative estimate of drug-likeness (QED) is 0.659. The number of ether oxygens (including phenoxy) is 1. The first-order valence-electron chi connectivity index (χ1n) is 5.15. The van der Waals surface area contributed by atoms with E-state index in [4.69, 9.17) is 10.5 Å². The third kappa shape index (κ3) is 2.21. The first-order chi connectivity index (χ1) is 8.11. The van der Waals surface area contributed by atoms with Crippen molar-refractivity contribution in [2.24, 2.45) is 5.73 Å². The van der Waals surface area contributed by atoms with Crippen LogP contribution >= 0.6 is 0 Å². The summed E-state index contributed by atoms with van der Waals surface area (Å²) in [6, 6.07) is 4.28. The molecule has 2 rings (SSSR count). The zero-order valence-corrected chi connectivity index (χ0v) is 9.32. The molecule has 0 aromatic heterocycles. The highest BCUT2D eigenvalue weighted by atomic mass is 16.5. The van der Waals surface area contributed by atoms with Gasteiger partial charge in [-0.05, 0) is 17.7 Å². The van der Waals surface area contributed by atoms with Gasteiger partial charge in [-0.25, -0.2) is 0 Å². The van der Waals surface area contributed by atoms with Gasteiger partial charge >= 0.3 is 0 Å². The molecule has 90 valence electrons. The zero-order chi connectivity index (χ0) is 12.4. The fourth-order valence-electron chi connectivity index (χ4n) is 1.60. The van der Waals surface area contributed by atoms with Crippen molar-refractivity contribution in [3.05, 3.63) is 23.8 Å². The monoisotopic (exact) mass is 235 g/mol. The van der Waals surface area contributed by atoms with E-state index in [0.29, 0.717) is 17.0 Å². The normalized spacial score (nSPS) is 15.3. The van der Waals surface area contributed by atoms with Crippen LogP contribution in [0, 0.1) is 0 Å². The van der Waals surface area contributed by atoms with Gasteiger partial charge < -0.3 is 21.1 Å². The van der Waals surface area contributed by atoms with Gasteiger partial charge in [0.15, 0.2) is 6.61 Å². The number of carbonyl (C=O) groups is 2. The molecular weight excluding hydrogens is 222 g/mol. The second-order valence-corrected chi connectivity index (χ2v) is 3.68. The number of anilines is 1. The molecule has 1 aliphatic rings. The number of hydrogen-bond donors (Lipinski definition) is 3. The van der Waals surface area contributed by atoms with Crippen LogP contribution < -0.4 is 21.1 Å². The van der Waals surface area contributed by atoms with Crippen molar-refractivity contribution < 1.29 is 14.3 Å². The molecule has 1 heterocycles. The highest BCUT2D eigenvalue weighted by Gasteiger charge is 2.20. The number of benzene rings is 1. The van der Waals surface area contributed by atoms with E-state index in [-0.39, 0.29) is 18.4 Å². The van der Waals surface area contributed by atoms with Gasteiger partial charge in [-0.3, -0.25) is 9.59 Å². The lowest BCUT2D eigenvalue weighted by molar-refractivity contribution is -0.122. The second-order valence-electron chi connectivity index (χ2n) is 3.68. The molecular formula is C11H13N3O3. The Kier molecular flexibility index (Phi) is 2.97. The second kappa shape index (κ2) is 4.42. The van der Waals surface area contributed by atoms with Crippen LogP contribution in [-0.4, -0.2) is 25.5 Å². The Morgan fingerprint density at radius 2 is 2.35 bits per heavy atom. The maximum absolute atomic E-state index is 11.4. The van der Waals surface area contributed by atoms with Gasteiger partial charge in [-0.1, -0.05) is 6.07 Å². The Balaban J connectivity index is 2.29. The summed E-state index contributed by atoms with van der Waals surface area (Å²) in [6.07, 6.45) is 0. The first-order valence-corrected chi connectivity index (χ1v) is 5.15. The smallest absolute Gasteiger partial charge is 0.262 e. The summed E-state index contributed by atoms with van der Waals surface area (Å²) in [5.74, 6) is 0.0774. The van der Waals surface area contributed by atoms with Crippen LogP contribution in [0.5, 0.6) is 5.75 Å². The lowest BCUT2D eigenvalue weighted by Crippen LogP contribution is -2.32. The van der Waals surface area contributed by atoms with Crippen molar-refractivity contribution in [1.82, 2.24) is 5.32 Å². The highest BCUT2D eigenvalue weighted by Crippen LogP contribution is 2.30. The van der Waals surface area contributed by atoms with E-state index in [1.807, 2.05) is 0 Å². The number of amides is 2. The van der Waals surface area contributed by atoms with Gasteiger partial charge in [0.2, 0.25) is 5.91 Å². The van der Waals surface area contributed by atoms with Crippen LogP contribution in [0.1, 0.15) is 11.6 Å². The lowest BCUT2D eigenvalue weighted by Gasteiger charge is -2.19. The third-order valence-corrected chi connectivity index (χ3v) is 2.52. The number of likely N-dealkylation sites (N-methyl/N-ethyl adjacent to an activating group) is 1. The van der Waals surface area contributed by atoms with Gasteiger partial charge in [-0.2, -0.15) is 0 Å². The van der Waals surface area contributed by atoms with Crippen molar-refractivity contribution in [2.45, 2.75) is 6.04 Å². The lowest BCUT2D eigenvalue weighted by atomic mass is 10.1. The van der Waals surface area contributed by atoms with E-state index in [1.54, 1.807) is 18.2 Å². The molecule has 1 aliphatic heterocycles. The molecule has 6 nitrogen and oxygen atoms in total. The van der Waals surface area contributed by atoms with Gasteiger partial charge in [0.1, 0.15) is 11.8 Å². The van der Waals surface area contributed by atoms with Crippen LogP contribution in [-0.2, 0) is 9.59 Å². The minimum Gasteiger partial charge on any atom is -0.482 e. The van der Waals surface area contributed by atoms with Crippen LogP contribution in [0.4, 0.5) is 5.69 Å². The molecule has 1 atom stereocenters. The summed E-state index contributed by atoms with van der Waals surface area (Å²) < 4.78 is 5.20. The maximum atomic E-state index is 11.4. The van der Waals surface area contributed by atoms with E-state index in [2.05, 4.69) is 10.6 Å². The summed E-state index contributed by atoms with van der Waals surface area (Å²) >= 11 is 0. The van der Waals surface area contributed by atoms with E-state index in [0.717, 1.165) is 0 Å². The Bertz CT molecular complexity index is 473. The number of nitrogens with two attached hydrogens (primary N) is 1. The van der Waals surface area contributed by atoms with Crippen LogP contribution in [0.3, 0.4) is 0 Å². The predicted molar refractivity (Wildman–Crippen MR) is 61.6 cm³/mol. The number of hydrogen-bond acceptors (Lipinski definition) is 4. The third-order valence-electron chi connectivity index (χ3n) is 2.52. The highest BCUT2D eigenvalue weighted by molar-refractivity contribution is 5.95. The Hall–Kier alpha value is -2.08. The summed E-state index contributed by atoms with van der Waals surface area (Å²) in [5, 5.41) is 5.13. The van der Waals surface area contributed by atoms with Crippen molar-refractivity contribution >= 4 is 17.5 Å². The number of nitrogens with one attached hydrogen (secondary N) is 2. The summed E-state index contributed by atoms with van der Waals surface area (Å²) in [4.78, 5) is 22.5. The number of rotatable bonds is 2. The van der Waals surface area contributed by atoms with Crippen molar-refractivity contribution in [1.29, 1.82) is 0 Å². The molecule has 1 aromatic carbocycles. The van der Waals surface area contributed by atoms with Gasteiger partial charge in [0, 0.05) is 7.05 Å². The number of fused-ring (bicyclic) bond motifs is 1. The Morgan fingerprint density at radius 1 is 1.59 bits per heavy atom. The molecule has 0 fully saturated rings. The molecule has 17 heavy (non-hydrogen) atoms. The van der Waals surface area contributed by atoms with E-state index in [9.17, 15) is 9.59 Å². The van der Waals surface area contributed by atoms with Crippen LogP contribution in [0.15, 0.2) is 18.2 Å². The molecule has 0 radical (unpaired) electrons. The average molecular weight is 235 g/mol.